The van der Waals surface area contributed by atoms with E-state index in [1.54, 1.807) is 0 Å². The highest BCUT2D eigenvalue weighted by atomic mass is 16.6. The highest BCUT2D eigenvalue weighted by molar-refractivity contribution is 5.89. The summed E-state index contributed by atoms with van der Waals surface area (Å²) in [6.45, 7) is 8.53. The molecule has 34 heavy (non-hydrogen) atoms. The summed E-state index contributed by atoms with van der Waals surface area (Å²) in [5, 5.41) is 0. The molecule has 1 spiro atoms. The fourth-order valence-corrected chi connectivity index (χ4v) is 9.45. The first-order valence-corrected chi connectivity index (χ1v) is 13.3. The summed E-state index contributed by atoms with van der Waals surface area (Å²) < 4.78 is 18.3. The van der Waals surface area contributed by atoms with E-state index in [4.69, 9.17) is 14.2 Å². The van der Waals surface area contributed by atoms with Crippen LogP contribution in [0, 0.1) is 34.5 Å². The van der Waals surface area contributed by atoms with Crippen LogP contribution in [0.1, 0.15) is 83.0 Å². The van der Waals surface area contributed by atoms with Gasteiger partial charge in [-0.3, -0.25) is 4.79 Å². The van der Waals surface area contributed by atoms with Gasteiger partial charge in [-0.15, -0.1) is 0 Å². The smallest absolute Gasteiger partial charge is 0.338 e. The zero-order valence-electron chi connectivity index (χ0n) is 20.9. The lowest BCUT2D eigenvalue weighted by Gasteiger charge is -2.53. The van der Waals surface area contributed by atoms with Gasteiger partial charge < -0.3 is 14.2 Å². The van der Waals surface area contributed by atoms with Crippen LogP contribution in [-0.4, -0.2) is 35.9 Å². The van der Waals surface area contributed by atoms with E-state index in [1.165, 1.54) is 26.2 Å². The van der Waals surface area contributed by atoms with Crippen molar-refractivity contribution in [3.05, 3.63) is 35.9 Å². The number of epoxide rings is 1. The van der Waals surface area contributed by atoms with Crippen LogP contribution in [0.4, 0.5) is 0 Å². The summed E-state index contributed by atoms with van der Waals surface area (Å²) in [5.74, 6) is 1.85. The Morgan fingerprint density at radius 2 is 1.79 bits per heavy atom. The number of esters is 2. The molecule has 5 heteroatoms. The van der Waals surface area contributed by atoms with E-state index in [0.29, 0.717) is 35.3 Å². The van der Waals surface area contributed by atoms with Gasteiger partial charge in [0, 0.05) is 24.7 Å². The van der Waals surface area contributed by atoms with E-state index in [9.17, 15) is 9.59 Å². The van der Waals surface area contributed by atoms with Crippen LogP contribution in [0.2, 0.25) is 0 Å². The molecule has 5 nitrogen and oxygen atoms in total. The highest BCUT2D eigenvalue weighted by Gasteiger charge is 2.82. The molecule has 1 aromatic rings. The Kier molecular flexibility index (Phi) is 5.02. The van der Waals surface area contributed by atoms with Gasteiger partial charge in [0.25, 0.3) is 0 Å². The van der Waals surface area contributed by atoms with E-state index in [-0.39, 0.29) is 40.6 Å². The fraction of sp³-hybridized carbons (Fsp3) is 0.724. The molecule has 5 fully saturated rings. The van der Waals surface area contributed by atoms with Crippen LogP contribution in [0.25, 0.3) is 0 Å². The molecule has 0 bridgehead atoms. The van der Waals surface area contributed by atoms with Crippen molar-refractivity contribution in [3.63, 3.8) is 0 Å². The highest BCUT2D eigenvalue weighted by Crippen LogP contribution is 2.78. The Labute approximate surface area is 202 Å². The Morgan fingerprint density at radius 1 is 1.03 bits per heavy atom. The molecule has 1 heterocycles. The second-order valence-corrected chi connectivity index (χ2v) is 12.3. The first kappa shape index (κ1) is 22.6. The average molecular weight is 467 g/mol. The molecule has 4 saturated carbocycles. The van der Waals surface area contributed by atoms with Gasteiger partial charge in [0.1, 0.15) is 17.8 Å². The van der Waals surface area contributed by atoms with Crippen molar-refractivity contribution in [2.75, 3.05) is 0 Å². The second kappa shape index (κ2) is 7.56. The lowest BCUT2D eigenvalue weighted by atomic mass is 9.53. The summed E-state index contributed by atoms with van der Waals surface area (Å²) in [6, 6.07) is 9.34. The number of rotatable bonds is 4. The third-order valence-corrected chi connectivity index (χ3v) is 11.0. The molecule has 5 aliphatic rings. The first-order valence-electron chi connectivity index (χ1n) is 13.3. The topological polar surface area (TPSA) is 65.1 Å². The number of ether oxygens (including phenoxy) is 3. The van der Waals surface area contributed by atoms with Crippen molar-refractivity contribution >= 4 is 11.9 Å². The predicted octanol–water partition coefficient (Wildman–Crippen LogP) is 5.56. The fourth-order valence-electron chi connectivity index (χ4n) is 9.45. The molecule has 0 amide bonds. The van der Waals surface area contributed by atoms with Crippen molar-refractivity contribution in [1.82, 2.24) is 0 Å². The zero-order chi connectivity index (χ0) is 23.9. The average Bonchev–Trinajstić information content (AvgIpc) is 3.32. The third-order valence-electron chi connectivity index (χ3n) is 11.0. The Balaban J connectivity index is 1.21. The molecule has 6 rings (SSSR count). The van der Waals surface area contributed by atoms with E-state index in [2.05, 4.69) is 20.8 Å². The molecule has 1 aliphatic heterocycles. The van der Waals surface area contributed by atoms with Crippen LogP contribution in [0.5, 0.6) is 0 Å². The maximum Gasteiger partial charge on any atom is 0.338 e. The molecule has 0 radical (unpaired) electrons. The van der Waals surface area contributed by atoms with Crippen LogP contribution >= 0.6 is 0 Å². The Bertz CT molecular complexity index is 991. The van der Waals surface area contributed by atoms with Gasteiger partial charge in [-0.25, -0.2) is 4.79 Å². The van der Waals surface area contributed by atoms with Crippen LogP contribution < -0.4 is 0 Å². The Morgan fingerprint density at radius 3 is 2.53 bits per heavy atom. The lowest BCUT2D eigenvalue weighted by Crippen LogP contribution is -2.50. The van der Waals surface area contributed by atoms with Gasteiger partial charge in [-0.1, -0.05) is 32.0 Å². The number of carbonyl (C=O) groups is 2. The summed E-state index contributed by atoms with van der Waals surface area (Å²) in [7, 11) is 0. The number of carbonyl (C=O) groups excluding carboxylic acids is 2. The largest absolute Gasteiger partial charge is 0.462 e. The molecule has 0 aromatic heterocycles. The van der Waals surface area contributed by atoms with E-state index < -0.39 is 0 Å². The monoisotopic (exact) mass is 466 g/mol. The quantitative estimate of drug-likeness (QED) is 0.429. The minimum absolute atomic E-state index is 0.00383. The molecule has 0 unspecified atom stereocenters. The predicted molar refractivity (Wildman–Crippen MR) is 127 cm³/mol. The van der Waals surface area contributed by atoms with Crippen molar-refractivity contribution in [2.45, 2.75) is 96.6 Å². The summed E-state index contributed by atoms with van der Waals surface area (Å²) >= 11 is 0. The molecule has 4 aliphatic carbocycles. The van der Waals surface area contributed by atoms with Gasteiger partial charge in [-0.2, -0.15) is 0 Å². The van der Waals surface area contributed by atoms with Crippen molar-refractivity contribution in [3.8, 4) is 0 Å². The van der Waals surface area contributed by atoms with Crippen molar-refractivity contribution < 1.29 is 23.8 Å². The molecular weight excluding hydrogens is 428 g/mol. The van der Waals surface area contributed by atoms with Gasteiger partial charge in [0.2, 0.25) is 0 Å². The van der Waals surface area contributed by atoms with Gasteiger partial charge in [-0.05, 0) is 80.8 Å². The summed E-state index contributed by atoms with van der Waals surface area (Å²) in [6.07, 6.45) is 7.82. The van der Waals surface area contributed by atoms with Crippen molar-refractivity contribution in [1.29, 1.82) is 0 Å². The molecule has 10 atom stereocenters. The summed E-state index contributed by atoms with van der Waals surface area (Å²) in [5.41, 5.74) is 0.879. The van der Waals surface area contributed by atoms with E-state index in [1.807, 2.05) is 30.3 Å². The maximum absolute atomic E-state index is 12.8. The lowest BCUT2D eigenvalue weighted by molar-refractivity contribution is -0.154. The maximum atomic E-state index is 12.8. The first-order chi connectivity index (χ1) is 16.2. The van der Waals surface area contributed by atoms with Gasteiger partial charge in [0.15, 0.2) is 0 Å². The second-order valence-electron chi connectivity index (χ2n) is 12.3. The van der Waals surface area contributed by atoms with Crippen LogP contribution in [0.15, 0.2) is 30.3 Å². The van der Waals surface area contributed by atoms with Gasteiger partial charge >= 0.3 is 11.9 Å². The SMILES string of the molecule is CC(=O)O[C@H]1CC[C@]2(C)[C@H]3CC[C@]4(C)[C@@H]([C@@H](C)OC(=O)c5ccccc5)CC[C@H]4[C@@H]3[C@H]3O[C@]32C1. The third kappa shape index (κ3) is 3.01. The molecule has 1 saturated heterocycles. The number of hydrogen-bond donors (Lipinski definition) is 0. The van der Waals surface area contributed by atoms with Crippen LogP contribution in [0.3, 0.4) is 0 Å². The molecule has 184 valence electrons. The minimum Gasteiger partial charge on any atom is -0.462 e. The van der Waals surface area contributed by atoms with E-state index in [0.717, 1.165) is 25.7 Å². The normalized spacial score (nSPS) is 46.9. The standard InChI is InChI=1S/C29H38O5/c1-17(32-26(31)19-8-6-5-7-9-19)21-10-11-22-24-23(13-14-27(21,22)3)28(4)15-12-20(33-18(2)30)16-29(28)25(24)34-29/h5-9,17,20-25H,10-16H2,1-4H3/t17-,20+,21-,22+,23+,24+,25-,27-,28-,29-/m1/s1. The number of hydrogen-bond acceptors (Lipinski definition) is 5. The van der Waals surface area contributed by atoms with Crippen LogP contribution in [-0.2, 0) is 19.0 Å². The number of fused-ring (bicyclic) bond motifs is 5. The molecule has 0 N–H and O–H groups in total. The van der Waals surface area contributed by atoms with E-state index >= 15 is 0 Å². The summed E-state index contributed by atoms with van der Waals surface area (Å²) in [4.78, 5) is 24.4. The van der Waals surface area contributed by atoms with Gasteiger partial charge in [0.05, 0.1) is 11.7 Å². The van der Waals surface area contributed by atoms with Crippen molar-refractivity contribution in [2.24, 2.45) is 34.5 Å². The minimum atomic E-state index is -0.214. The zero-order valence-corrected chi connectivity index (χ0v) is 20.9. The Hall–Kier alpha value is -1.88. The molecule has 1 aromatic carbocycles. The number of benzene rings is 1. The molecular formula is C29H38O5.